The third-order valence-corrected chi connectivity index (χ3v) is 37.0. The van der Waals surface area contributed by atoms with Crippen LogP contribution in [0.1, 0.15) is 203 Å². The van der Waals surface area contributed by atoms with Gasteiger partial charge in [-0.15, -0.1) is 0 Å². The maximum Gasteiger partial charge on any atom is 0.546 e. The molecule has 0 amide bonds. The van der Waals surface area contributed by atoms with E-state index in [9.17, 15) is 0 Å². The molecule has 1 heterocycles. The van der Waals surface area contributed by atoms with Gasteiger partial charge in [-0.05, 0) is 144 Å². The molecule has 0 unspecified atom stereocenters. The zero-order chi connectivity index (χ0) is 52.9. The molecule has 1 aliphatic heterocycles. The maximum atomic E-state index is 20.0. The van der Waals surface area contributed by atoms with Crippen molar-refractivity contribution in [3.63, 3.8) is 0 Å². The minimum atomic E-state index is -3.08. The first-order chi connectivity index (χ1) is 32.2. The topological polar surface area (TPSA) is 37.0 Å². The average molecular weight is 1020 g/mol. The number of para-hydroxylation sites is 4. The lowest BCUT2D eigenvalue weighted by Crippen LogP contribution is -2.92. The van der Waals surface area contributed by atoms with E-state index in [4.69, 9.17) is 0 Å². The lowest BCUT2D eigenvalue weighted by molar-refractivity contribution is 0.660. The molecule has 0 aromatic heterocycles. The fourth-order valence-corrected chi connectivity index (χ4v) is 41.9. The van der Waals surface area contributed by atoms with E-state index in [1.54, 1.807) is 0 Å². The monoisotopic (exact) mass is 1020 g/mol. The molecule has 4 aromatic carbocycles. The summed E-state index contributed by atoms with van der Waals surface area (Å²) in [6.45, 7) is 54.1. The molecule has 384 valence electrons. The second-order valence-electron chi connectivity index (χ2n) is 25.0. The summed E-state index contributed by atoms with van der Waals surface area (Å²) in [5, 5.41) is 0. The summed E-state index contributed by atoms with van der Waals surface area (Å²) in [4.78, 5) is 4.30. The fraction of sp³-hybridized carbons (Fsp3) is 0.571. The van der Waals surface area contributed by atoms with Gasteiger partial charge in [0.05, 0.1) is 0 Å². The van der Waals surface area contributed by atoms with Gasteiger partial charge < -0.3 is 27.2 Å². The van der Waals surface area contributed by atoms with Gasteiger partial charge in [0.25, 0.3) is 0 Å². The standard InChI is InChI=1S/C56H94B2F2N6Si4/c1-37(2)45-29-25-30-46(38(3)4)53(45)63(54-47(39(5)6)31-26-32-48(54)40(7)8)57(59)65-67(17,18)61-69(21,22)66(70(23,24)62-68(65,19)20)58(60)64(55-49(41(9)10)33-27-34-50(55)42(11)12)56-51(43(13)14)35-28-36-52(56)44(15)16/h25-44,61-62H,1-24H3. The van der Waals surface area contributed by atoms with Crippen LogP contribution in [0.15, 0.2) is 72.8 Å². The molecule has 0 radical (unpaired) electrons. The number of benzene rings is 4. The van der Waals surface area contributed by atoms with Gasteiger partial charge in [0.2, 0.25) is 0 Å². The zero-order valence-electron chi connectivity index (χ0n) is 48.2. The Bertz CT molecular complexity index is 2010. The zero-order valence-corrected chi connectivity index (χ0v) is 52.2. The molecule has 0 spiro atoms. The van der Waals surface area contributed by atoms with Crippen LogP contribution in [-0.2, 0) is 0 Å². The third kappa shape index (κ3) is 11.4. The van der Waals surface area contributed by atoms with Crippen molar-refractivity contribution in [3.05, 3.63) is 117 Å². The van der Waals surface area contributed by atoms with Crippen molar-refractivity contribution in [2.45, 2.75) is 210 Å². The number of anilines is 4. The Morgan fingerprint density at radius 2 is 0.471 bits per heavy atom. The lowest BCUT2D eigenvalue weighted by atomic mass is 9.84. The lowest BCUT2D eigenvalue weighted by Gasteiger charge is -2.61. The second kappa shape index (κ2) is 21.9. The molecular weight excluding hydrogens is 929 g/mol. The Hall–Kier alpha value is -2.82. The Balaban J connectivity index is 1.87. The minimum Gasteiger partial charge on any atom is -0.341 e. The van der Waals surface area contributed by atoms with Gasteiger partial charge in [0.15, 0.2) is 33.6 Å². The Morgan fingerprint density at radius 1 is 0.329 bits per heavy atom. The molecule has 0 bridgehead atoms. The summed E-state index contributed by atoms with van der Waals surface area (Å²) < 4.78 is 53.3. The van der Waals surface area contributed by atoms with Crippen molar-refractivity contribution in [2.75, 3.05) is 9.62 Å². The van der Waals surface area contributed by atoms with E-state index < -0.39 is 48.1 Å². The van der Waals surface area contributed by atoms with Crippen LogP contribution in [-0.4, -0.2) is 56.4 Å². The number of rotatable bonds is 16. The van der Waals surface area contributed by atoms with Gasteiger partial charge in [0.1, 0.15) is 0 Å². The molecule has 0 atom stereocenters. The molecular formula is C56H94B2F2N6Si4. The highest BCUT2D eigenvalue weighted by Crippen LogP contribution is 2.49. The van der Waals surface area contributed by atoms with Crippen molar-refractivity contribution in [3.8, 4) is 0 Å². The van der Waals surface area contributed by atoms with Crippen LogP contribution in [0.4, 0.5) is 31.4 Å². The van der Waals surface area contributed by atoms with Crippen molar-refractivity contribution >= 4 is 70.9 Å². The quantitative estimate of drug-likeness (QED) is 0.109. The van der Waals surface area contributed by atoms with Crippen LogP contribution in [0.5, 0.6) is 0 Å². The Kier molecular flexibility index (Phi) is 18.2. The van der Waals surface area contributed by atoms with Crippen LogP contribution >= 0.6 is 0 Å². The van der Waals surface area contributed by atoms with Crippen molar-refractivity contribution < 1.29 is 8.63 Å². The van der Waals surface area contributed by atoms with E-state index in [-0.39, 0.29) is 47.3 Å². The molecule has 1 fully saturated rings. The van der Waals surface area contributed by atoms with E-state index in [1.807, 2.05) is 0 Å². The number of nitrogens with zero attached hydrogens (tertiary/aromatic N) is 4. The second-order valence-corrected chi connectivity index (χ2v) is 42.3. The third-order valence-electron chi connectivity index (χ3n) is 14.8. The number of halogens is 2. The molecule has 4 aromatic rings. The van der Waals surface area contributed by atoms with E-state index in [0.717, 1.165) is 67.3 Å². The van der Waals surface area contributed by atoms with Gasteiger partial charge in [-0.3, -0.25) is 8.63 Å². The van der Waals surface area contributed by atoms with Gasteiger partial charge in [-0.25, -0.2) is 0 Å². The average Bonchev–Trinajstić information content (AvgIpc) is 3.21. The van der Waals surface area contributed by atoms with Crippen LogP contribution < -0.4 is 18.9 Å². The van der Waals surface area contributed by atoms with Gasteiger partial charge >= 0.3 is 14.5 Å². The van der Waals surface area contributed by atoms with Crippen molar-refractivity contribution in [1.29, 1.82) is 0 Å². The summed E-state index contributed by atoms with van der Waals surface area (Å²) in [6.07, 6.45) is 0. The summed E-state index contributed by atoms with van der Waals surface area (Å²) in [5.41, 5.74) is 13.1. The van der Waals surface area contributed by atoms with Crippen molar-refractivity contribution in [2.24, 2.45) is 0 Å². The highest BCUT2D eigenvalue weighted by atomic mass is 28.5. The SMILES string of the molecule is CC(C)c1cccc(C(C)C)c1N(B(F)N1[Si](C)(C)N[Si](C)(C)N(B(F)N(c2c(C(C)C)cccc2C(C)C)c2c(C(C)C)cccc2C(C)C)[Si](C)(C)N[Si]1(C)C)c1c(C(C)C)cccc1C(C)C. The summed E-state index contributed by atoms with van der Waals surface area (Å²) in [5.74, 6) is 1.23. The van der Waals surface area contributed by atoms with Crippen LogP contribution in [0.25, 0.3) is 0 Å². The number of hydrogen-bond donors (Lipinski definition) is 2. The fourth-order valence-electron chi connectivity index (χ4n) is 12.2. The summed E-state index contributed by atoms with van der Waals surface area (Å²) in [7, 11) is -15.4. The van der Waals surface area contributed by atoms with E-state index in [2.05, 4.69) is 263 Å². The predicted molar refractivity (Wildman–Crippen MR) is 316 cm³/mol. The molecule has 14 heteroatoms. The molecule has 1 saturated heterocycles. The highest BCUT2D eigenvalue weighted by molar-refractivity contribution is 7.11. The molecule has 2 N–H and O–H groups in total. The highest BCUT2D eigenvalue weighted by Gasteiger charge is 2.62. The van der Waals surface area contributed by atoms with E-state index in [0.29, 0.717) is 0 Å². The minimum absolute atomic E-state index is 0.154. The first-order valence-electron chi connectivity index (χ1n) is 26.8. The summed E-state index contributed by atoms with van der Waals surface area (Å²) >= 11 is 0. The Morgan fingerprint density at radius 3 is 0.600 bits per heavy atom. The largest absolute Gasteiger partial charge is 0.546 e. The van der Waals surface area contributed by atoms with Crippen LogP contribution in [0, 0.1) is 0 Å². The van der Waals surface area contributed by atoms with E-state index >= 15 is 8.63 Å². The first kappa shape index (κ1) is 58.1. The van der Waals surface area contributed by atoms with Crippen LogP contribution in [0.2, 0.25) is 52.4 Å². The smallest absolute Gasteiger partial charge is 0.341 e. The Labute approximate surface area is 432 Å². The van der Waals surface area contributed by atoms with Gasteiger partial charge in [0, 0.05) is 22.7 Å². The molecule has 0 aliphatic carbocycles. The summed E-state index contributed by atoms with van der Waals surface area (Å²) in [6, 6.07) is 26.4. The maximum absolute atomic E-state index is 20.0. The van der Waals surface area contributed by atoms with Gasteiger partial charge in [-0.1, -0.05) is 184 Å². The molecule has 70 heavy (non-hydrogen) atoms. The molecule has 0 saturated carbocycles. The first-order valence-corrected chi connectivity index (χ1v) is 38.6. The van der Waals surface area contributed by atoms with Gasteiger partial charge in [-0.2, -0.15) is 0 Å². The van der Waals surface area contributed by atoms with Crippen LogP contribution in [0.3, 0.4) is 0 Å². The number of hydrogen-bond acceptors (Lipinski definition) is 6. The normalized spacial score (nSPS) is 17.4. The number of nitrogens with one attached hydrogen (secondary N) is 2. The predicted octanol–water partition coefficient (Wildman–Crippen LogP) is 17.2. The molecule has 6 nitrogen and oxygen atoms in total. The molecule has 1 aliphatic rings. The van der Waals surface area contributed by atoms with E-state index in [1.165, 1.54) is 0 Å². The molecule has 5 rings (SSSR count). The van der Waals surface area contributed by atoms with Crippen molar-refractivity contribution in [1.82, 2.24) is 17.6 Å².